The summed E-state index contributed by atoms with van der Waals surface area (Å²) in [6.45, 7) is 4.50. The molecule has 2 N–H and O–H groups in total. The molecule has 0 aliphatic rings. The van der Waals surface area contributed by atoms with E-state index in [0.29, 0.717) is 17.3 Å². The third-order valence-electron chi connectivity index (χ3n) is 2.22. The number of aromatic nitrogens is 1. The van der Waals surface area contributed by atoms with Gasteiger partial charge in [0.1, 0.15) is 5.69 Å². The zero-order chi connectivity index (χ0) is 12.0. The predicted molar refractivity (Wildman–Crippen MR) is 73.2 cm³/mol. The fraction of sp³-hybridized carbons (Fsp3) is 0.545. The molecule has 98 valence electrons. The maximum atomic E-state index is 11.7. The molecule has 0 radical (unpaired) electrons. The molecule has 0 bridgehead atoms. The quantitative estimate of drug-likeness (QED) is 0.781. The molecule has 0 saturated carbocycles. The molecule has 0 atom stereocenters. The minimum atomic E-state index is -0.0901. The van der Waals surface area contributed by atoms with Crippen molar-refractivity contribution in [3.8, 4) is 0 Å². The van der Waals surface area contributed by atoms with E-state index >= 15 is 0 Å². The van der Waals surface area contributed by atoms with Crippen LogP contribution >= 0.6 is 24.0 Å². The first-order valence-electron chi connectivity index (χ1n) is 5.46. The van der Waals surface area contributed by atoms with Gasteiger partial charge in [-0.1, -0.05) is 18.5 Å². The van der Waals surface area contributed by atoms with E-state index in [0.717, 1.165) is 19.5 Å². The fourth-order valence-corrected chi connectivity index (χ4v) is 1.66. The molecule has 0 unspecified atom stereocenters. The first kappa shape index (κ1) is 16.3. The topological polar surface area (TPSA) is 46.1 Å². The number of hydrogen-bond acceptors (Lipinski definition) is 2. The van der Waals surface area contributed by atoms with Crippen molar-refractivity contribution in [2.24, 2.45) is 7.05 Å². The van der Waals surface area contributed by atoms with Crippen molar-refractivity contribution in [2.45, 2.75) is 13.3 Å². The summed E-state index contributed by atoms with van der Waals surface area (Å²) in [4.78, 5) is 11.7. The van der Waals surface area contributed by atoms with Crippen LogP contribution in [0.25, 0.3) is 0 Å². The smallest absolute Gasteiger partial charge is 0.267 e. The molecule has 0 fully saturated rings. The Labute approximate surface area is 113 Å². The normalized spacial score (nSPS) is 9.82. The SMILES string of the molecule is CCCNCCNC(=O)c1cc(Cl)cn1C.Cl. The molecular formula is C11H19Cl2N3O. The summed E-state index contributed by atoms with van der Waals surface area (Å²) >= 11 is 5.80. The Morgan fingerprint density at radius 2 is 2.12 bits per heavy atom. The summed E-state index contributed by atoms with van der Waals surface area (Å²) in [5.74, 6) is -0.0901. The number of hydrogen-bond donors (Lipinski definition) is 2. The molecule has 1 rings (SSSR count). The summed E-state index contributed by atoms with van der Waals surface area (Å²) in [5, 5.41) is 6.63. The lowest BCUT2D eigenvalue weighted by Crippen LogP contribution is -2.32. The summed E-state index contributed by atoms with van der Waals surface area (Å²) in [5.41, 5.74) is 0.584. The minimum absolute atomic E-state index is 0. The van der Waals surface area contributed by atoms with Crippen molar-refractivity contribution in [1.82, 2.24) is 15.2 Å². The molecule has 1 aromatic heterocycles. The lowest BCUT2D eigenvalue weighted by molar-refractivity contribution is 0.0946. The van der Waals surface area contributed by atoms with Gasteiger partial charge in [-0.15, -0.1) is 12.4 Å². The van der Waals surface area contributed by atoms with E-state index in [9.17, 15) is 4.79 Å². The summed E-state index contributed by atoms with van der Waals surface area (Å²) in [6, 6.07) is 1.66. The summed E-state index contributed by atoms with van der Waals surface area (Å²) in [6.07, 6.45) is 2.81. The van der Waals surface area contributed by atoms with E-state index in [4.69, 9.17) is 11.6 Å². The van der Waals surface area contributed by atoms with Crippen molar-refractivity contribution in [3.05, 3.63) is 23.0 Å². The minimum Gasteiger partial charge on any atom is -0.349 e. The van der Waals surface area contributed by atoms with Crippen LogP contribution in [0.1, 0.15) is 23.8 Å². The van der Waals surface area contributed by atoms with E-state index in [1.54, 1.807) is 23.9 Å². The maximum absolute atomic E-state index is 11.7. The molecule has 17 heavy (non-hydrogen) atoms. The van der Waals surface area contributed by atoms with Crippen molar-refractivity contribution in [2.75, 3.05) is 19.6 Å². The highest BCUT2D eigenvalue weighted by molar-refractivity contribution is 6.31. The summed E-state index contributed by atoms with van der Waals surface area (Å²) in [7, 11) is 1.80. The Hall–Kier alpha value is -0.710. The standard InChI is InChI=1S/C11H18ClN3O.ClH/c1-3-4-13-5-6-14-11(16)10-7-9(12)8-15(10)2;/h7-8,13H,3-6H2,1-2H3,(H,14,16);1H. The molecule has 4 nitrogen and oxygen atoms in total. The van der Waals surface area contributed by atoms with Crippen LogP contribution in [0.15, 0.2) is 12.3 Å². The Balaban J connectivity index is 0.00000256. The first-order chi connectivity index (χ1) is 7.65. The second kappa shape index (κ2) is 8.39. The number of rotatable bonds is 6. The van der Waals surface area contributed by atoms with Crippen LogP contribution in [-0.4, -0.2) is 30.1 Å². The maximum Gasteiger partial charge on any atom is 0.267 e. The number of aryl methyl sites for hydroxylation is 1. The fourth-order valence-electron chi connectivity index (χ4n) is 1.41. The lowest BCUT2D eigenvalue weighted by Gasteiger charge is -2.06. The Bertz CT molecular complexity index is 352. The lowest BCUT2D eigenvalue weighted by atomic mass is 10.4. The Morgan fingerprint density at radius 3 is 2.65 bits per heavy atom. The van der Waals surface area contributed by atoms with Gasteiger partial charge in [0.15, 0.2) is 0 Å². The molecule has 0 spiro atoms. The molecule has 1 aromatic rings. The van der Waals surface area contributed by atoms with Gasteiger partial charge in [-0.3, -0.25) is 4.79 Å². The van der Waals surface area contributed by atoms with Crippen LogP contribution in [0, 0.1) is 0 Å². The zero-order valence-electron chi connectivity index (χ0n) is 10.1. The zero-order valence-corrected chi connectivity index (χ0v) is 11.7. The van der Waals surface area contributed by atoms with E-state index in [2.05, 4.69) is 17.6 Å². The van der Waals surface area contributed by atoms with Crippen LogP contribution in [0.2, 0.25) is 5.02 Å². The highest BCUT2D eigenvalue weighted by Crippen LogP contribution is 2.12. The molecule has 0 saturated heterocycles. The van der Waals surface area contributed by atoms with Crippen LogP contribution in [0.3, 0.4) is 0 Å². The molecule has 0 aromatic carbocycles. The molecule has 0 aliphatic heterocycles. The van der Waals surface area contributed by atoms with Gasteiger partial charge in [0, 0.05) is 26.3 Å². The largest absolute Gasteiger partial charge is 0.349 e. The first-order valence-corrected chi connectivity index (χ1v) is 5.83. The number of halogens is 2. The van der Waals surface area contributed by atoms with Gasteiger partial charge in [-0.25, -0.2) is 0 Å². The van der Waals surface area contributed by atoms with Crippen LogP contribution in [0.4, 0.5) is 0 Å². The van der Waals surface area contributed by atoms with Gasteiger partial charge >= 0.3 is 0 Å². The second-order valence-corrected chi connectivity index (χ2v) is 4.10. The number of nitrogens with one attached hydrogen (secondary N) is 2. The van der Waals surface area contributed by atoms with Gasteiger partial charge in [-0.05, 0) is 19.0 Å². The molecule has 6 heteroatoms. The van der Waals surface area contributed by atoms with E-state index in [-0.39, 0.29) is 18.3 Å². The monoisotopic (exact) mass is 279 g/mol. The molecule has 0 aliphatic carbocycles. The van der Waals surface area contributed by atoms with Gasteiger partial charge in [-0.2, -0.15) is 0 Å². The second-order valence-electron chi connectivity index (χ2n) is 3.66. The third-order valence-corrected chi connectivity index (χ3v) is 2.43. The van der Waals surface area contributed by atoms with Crippen LogP contribution in [0.5, 0.6) is 0 Å². The summed E-state index contributed by atoms with van der Waals surface area (Å²) < 4.78 is 1.72. The van der Waals surface area contributed by atoms with E-state index < -0.39 is 0 Å². The Morgan fingerprint density at radius 1 is 1.41 bits per heavy atom. The molecule has 1 heterocycles. The van der Waals surface area contributed by atoms with Gasteiger partial charge in [0.25, 0.3) is 5.91 Å². The van der Waals surface area contributed by atoms with Gasteiger partial charge < -0.3 is 15.2 Å². The van der Waals surface area contributed by atoms with Crippen LogP contribution < -0.4 is 10.6 Å². The number of carbonyl (C=O) groups excluding carboxylic acids is 1. The van der Waals surface area contributed by atoms with Crippen molar-refractivity contribution in [1.29, 1.82) is 0 Å². The number of nitrogens with zero attached hydrogens (tertiary/aromatic N) is 1. The average Bonchev–Trinajstić information content (AvgIpc) is 2.57. The highest BCUT2D eigenvalue weighted by atomic mass is 35.5. The molecular weight excluding hydrogens is 261 g/mol. The highest BCUT2D eigenvalue weighted by Gasteiger charge is 2.09. The number of carbonyl (C=O) groups is 1. The van der Waals surface area contributed by atoms with Gasteiger partial charge in [0.2, 0.25) is 0 Å². The van der Waals surface area contributed by atoms with E-state index in [1.165, 1.54) is 0 Å². The van der Waals surface area contributed by atoms with Crippen molar-refractivity contribution in [3.63, 3.8) is 0 Å². The van der Waals surface area contributed by atoms with Gasteiger partial charge in [0.05, 0.1) is 5.02 Å². The van der Waals surface area contributed by atoms with E-state index in [1.807, 2.05) is 0 Å². The average molecular weight is 280 g/mol. The number of amides is 1. The predicted octanol–water partition coefficient (Wildman–Crippen LogP) is 1.83. The Kier molecular flexibility index (Phi) is 8.04. The molecule has 1 amide bonds. The van der Waals surface area contributed by atoms with Crippen molar-refractivity contribution < 1.29 is 4.79 Å². The third kappa shape index (κ3) is 5.44. The van der Waals surface area contributed by atoms with Crippen LogP contribution in [-0.2, 0) is 7.05 Å². The van der Waals surface area contributed by atoms with Crippen molar-refractivity contribution >= 4 is 29.9 Å².